The first-order valence-electron chi connectivity index (χ1n) is 14.9. The SMILES string of the molecule is CC(C)=CCCC(=O)[C@]1(C/C=C(\C)CCC=C(C)C)C[C@H](CC=C(C)C)C(C)(C)[C@@H](C(=O)c2ccccc2)C1=O. The van der Waals surface area contributed by atoms with Crippen LogP contribution in [0.3, 0.4) is 0 Å². The second kappa shape index (κ2) is 14.7. The molecule has 1 aliphatic carbocycles. The van der Waals surface area contributed by atoms with Crippen molar-refractivity contribution in [2.24, 2.45) is 22.7 Å². The monoisotopic (exact) mass is 544 g/mol. The van der Waals surface area contributed by atoms with Crippen molar-refractivity contribution in [3.05, 3.63) is 82.5 Å². The maximum absolute atomic E-state index is 14.7. The van der Waals surface area contributed by atoms with Crippen LogP contribution in [0, 0.1) is 22.7 Å². The van der Waals surface area contributed by atoms with Gasteiger partial charge in [0, 0.05) is 12.0 Å². The van der Waals surface area contributed by atoms with E-state index in [1.807, 2.05) is 32.0 Å². The molecule has 1 saturated carbocycles. The van der Waals surface area contributed by atoms with Crippen LogP contribution in [0.25, 0.3) is 0 Å². The van der Waals surface area contributed by atoms with Gasteiger partial charge in [0.1, 0.15) is 5.78 Å². The second-order valence-electron chi connectivity index (χ2n) is 13.2. The predicted octanol–water partition coefficient (Wildman–Crippen LogP) is 9.84. The third-order valence-corrected chi connectivity index (χ3v) is 8.60. The number of ketones is 3. The summed E-state index contributed by atoms with van der Waals surface area (Å²) in [6.07, 6.45) is 12.9. The Balaban J connectivity index is 2.65. The van der Waals surface area contributed by atoms with Gasteiger partial charge in [-0.3, -0.25) is 14.4 Å². The van der Waals surface area contributed by atoms with Crippen molar-refractivity contribution in [1.29, 1.82) is 0 Å². The lowest BCUT2D eigenvalue weighted by Gasteiger charge is -2.51. The molecule has 0 spiro atoms. The van der Waals surface area contributed by atoms with E-state index in [0.29, 0.717) is 31.2 Å². The van der Waals surface area contributed by atoms with E-state index >= 15 is 0 Å². The van der Waals surface area contributed by atoms with Gasteiger partial charge in [-0.15, -0.1) is 0 Å². The Bertz CT molecular complexity index is 1160. The number of carbonyl (C=O) groups excluding carboxylic acids is 3. The molecule has 1 aromatic carbocycles. The first-order valence-corrected chi connectivity index (χ1v) is 14.9. The van der Waals surface area contributed by atoms with E-state index in [4.69, 9.17) is 0 Å². The van der Waals surface area contributed by atoms with Gasteiger partial charge in [0.15, 0.2) is 11.6 Å². The summed E-state index contributed by atoms with van der Waals surface area (Å²) in [5.41, 5.74) is 3.59. The van der Waals surface area contributed by atoms with Crippen LogP contribution in [0.5, 0.6) is 0 Å². The minimum Gasteiger partial charge on any atom is -0.299 e. The molecule has 3 nitrogen and oxygen atoms in total. The molecule has 0 unspecified atom stereocenters. The Hall–Kier alpha value is -2.81. The predicted molar refractivity (Wildman–Crippen MR) is 168 cm³/mol. The molecule has 218 valence electrons. The van der Waals surface area contributed by atoms with Crippen LogP contribution in [0.2, 0.25) is 0 Å². The molecular formula is C37H52O3. The fraction of sp³-hybridized carbons (Fsp3) is 0.541. The average molecular weight is 545 g/mol. The van der Waals surface area contributed by atoms with Crippen LogP contribution in [0.15, 0.2) is 76.9 Å². The Morgan fingerprint density at radius 3 is 1.90 bits per heavy atom. The van der Waals surface area contributed by atoms with Crippen LogP contribution in [0.1, 0.15) is 118 Å². The molecule has 2 rings (SSSR count). The zero-order valence-electron chi connectivity index (χ0n) is 26.5. The summed E-state index contributed by atoms with van der Waals surface area (Å²) in [7, 11) is 0. The van der Waals surface area contributed by atoms with Gasteiger partial charge in [-0.1, -0.05) is 90.8 Å². The van der Waals surface area contributed by atoms with Gasteiger partial charge in [0.25, 0.3) is 0 Å². The normalized spacial score (nSPS) is 22.3. The van der Waals surface area contributed by atoms with Crippen molar-refractivity contribution >= 4 is 17.3 Å². The quantitative estimate of drug-likeness (QED) is 0.141. The maximum atomic E-state index is 14.7. The lowest BCUT2D eigenvalue weighted by molar-refractivity contribution is -0.153. The van der Waals surface area contributed by atoms with Gasteiger partial charge < -0.3 is 0 Å². The van der Waals surface area contributed by atoms with Crippen molar-refractivity contribution in [3.63, 3.8) is 0 Å². The van der Waals surface area contributed by atoms with Crippen LogP contribution in [-0.2, 0) is 9.59 Å². The van der Waals surface area contributed by atoms with E-state index in [-0.39, 0.29) is 23.3 Å². The number of carbonyl (C=O) groups is 3. The van der Waals surface area contributed by atoms with Gasteiger partial charge in [-0.05, 0) is 98.3 Å². The summed E-state index contributed by atoms with van der Waals surface area (Å²) in [5, 5.41) is 0. The summed E-state index contributed by atoms with van der Waals surface area (Å²) in [6.45, 7) is 18.6. The van der Waals surface area contributed by atoms with Crippen molar-refractivity contribution in [1.82, 2.24) is 0 Å². The molecule has 3 atom stereocenters. The molecule has 1 aromatic rings. The topological polar surface area (TPSA) is 51.2 Å². The minimum atomic E-state index is -1.20. The second-order valence-corrected chi connectivity index (χ2v) is 13.2. The van der Waals surface area contributed by atoms with E-state index < -0.39 is 16.7 Å². The highest BCUT2D eigenvalue weighted by Gasteiger charge is 2.60. The number of hydrogen-bond donors (Lipinski definition) is 0. The van der Waals surface area contributed by atoms with E-state index in [9.17, 15) is 14.4 Å². The molecule has 0 saturated heterocycles. The van der Waals surface area contributed by atoms with Crippen LogP contribution < -0.4 is 0 Å². The molecule has 0 aromatic heterocycles. The fourth-order valence-corrected chi connectivity index (χ4v) is 5.94. The van der Waals surface area contributed by atoms with E-state index in [1.54, 1.807) is 12.1 Å². The summed E-state index contributed by atoms with van der Waals surface area (Å²) >= 11 is 0. The number of benzene rings is 1. The van der Waals surface area contributed by atoms with Gasteiger partial charge in [-0.25, -0.2) is 0 Å². The Kier molecular flexibility index (Phi) is 12.3. The van der Waals surface area contributed by atoms with Gasteiger partial charge in [0.2, 0.25) is 0 Å². The van der Waals surface area contributed by atoms with Crippen molar-refractivity contribution < 1.29 is 14.4 Å². The highest BCUT2D eigenvalue weighted by atomic mass is 16.2. The summed E-state index contributed by atoms with van der Waals surface area (Å²) in [5.74, 6) is -1.22. The lowest BCUT2D eigenvalue weighted by Crippen LogP contribution is -2.57. The van der Waals surface area contributed by atoms with Crippen molar-refractivity contribution in [3.8, 4) is 0 Å². The number of hydrogen-bond acceptors (Lipinski definition) is 3. The molecule has 40 heavy (non-hydrogen) atoms. The third-order valence-electron chi connectivity index (χ3n) is 8.60. The first-order chi connectivity index (χ1) is 18.7. The number of allylic oxidation sites excluding steroid dienone is 8. The standard InChI is InChI=1S/C37H52O3/c1-26(2)15-13-17-29(7)23-24-37(32(38)20-14-16-27(3)4)25-31(22-21-28(5)6)36(8,9)33(35(37)40)34(39)30-18-11-10-12-19-30/h10-12,15-16,18-19,21,23,31,33H,13-14,17,20,22,24-25H2,1-9H3/b29-23+/t31-,33-,37-/m0/s1. The molecule has 0 aliphatic heterocycles. The molecule has 0 amide bonds. The Morgan fingerprint density at radius 1 is 0.800 bits per heavy atom. The average Bonchev–Trinajstić information content (AvgIpc) is 2.87. The van der Waals surface area contributed by atoms with Crippen LogP contribution in [0.4, 0.5) is 0 Å². The summed E-state index contributed by atoms with van der Waals surface area (Å²) in [6, 6.07) is 9.13. The Morgan fingerprint density at radius 2 is 1.35 bits per heavy atom. The van der Waals surface area contributed by atoms with Crippen molar-refractivity contribution in [2.75, 3.05) is 0 Å². The molecule has 3 heteroatoms. The number of Topliss-reactive ketones (excluding diaryl/α,β-unsaturated/α-hetero) is 3. The van der Waals surface area contributed by atoms with E-state index in [0.717, 1.165) is 24.8 Å². The van der Waals surface area contributed by atoms with E-state index in [2.05, 4.69) is 72.8 Å². The van der Waals surface area contributed by atoms with Crippen LogP contribution >= 0.6 is 0 Å². The molecular weight excluding hydrogens is 492 g/mol. The zero-order valence-corrected chi connectivity index (χ0v) is 26.5. The van der Waals surface area contributed by atoms with Crippen molar-refractivity contribution in [2.45, 2.75) is 107 Å². The van der Waals surface area contributed by atoms with Crippen LogP contribution in [-0.4, -0.2) is 17.3 Å². The van der Waals surface area contributed by atoms with Gasteiger partial charge in [0.05, 0.1) is 11.3 Å². The third kappa shape index (κ3) is 8.59. The molecule has 1 fully saturated rings. The largest absolute Gasteiger partial charge is 0.299 e. The zero-order chi connectivity index (χ0) is 30.1. The smallest absolute Gasteiger partial charge is 0.173 e. The van der Waals surface area contributed by atoms with Gasteiger partial charge >= 0.3 is 0 Å². The number of rotatable bonds is 13. The minimum absolute atomic E-state index is 0.0181. The van der Waals surface area contributed by atoms with Gasteiger partial charge in [-0.2, -0.15) is 0 Å². The first kappa shape index (κ1) is 33.4. The lowest BCUT2D eigenvalue weighted by atomic mass is 9.49. The molecule has 0 radical (unpaired) electrons. The Labute approximate surface area is 243 Å². The molecule has 1 aliphatic rings. The molecule has 0 heterocycles. The molecule has 0 bridgehead atoms. The summed E-state index contributed by atoms with van der Waals surface area (Å²) < 4.78 is 0. The summed E-state index contributed by atoms with van der Waals surface area (Å²) in [4.78, 5) is 43.0. The maximum Gasteiger partial charge on any atom is 0.173 e. The van der Waals surface area contributed by atoms with E-state index in [1.165, 1.54) is 16.7 Å². The highest BCUT2D eigenvalue weighted by Crippen LogP contribution is 2.55. The molecule has 0 N–H and O–H groups in total. The highest BCUT2D eigenvalue weighted by molar-refractivity contribution is 6.19. The fourth-order valence-electron chi connectivity index (χ4n) is 5.94.